The van der Waals surface area contributed by atoms with Crippen LogP contribution in [0.2, 0.25) is 0 Å². The van der Waals surface area contributed by atoms with Gasteiger partial charge in [0.15, 0.2) is 0 Å². The van der Waals surface area contributed by atoms with Crippen LogP contribution in [0.25, 0.3) is 0 Å². The van der Waals surface area contributed by atoms with Gasteiger partial charge in [-0.15, -0.1) is 6.58 Å². The topological polar surface area (TPSA) is 23.8 Å². The van der Waals surface area contributed by atoms with Crippen molar-refractivity contribution in [2.75, 3.05) is 0 Å². The van der Waals surface area contributed by atoms with Crippen molar-refractivity contribution in [2.45, 2.75) is 105 Å². The zero-order chi connectivity index (χ0) is 21.8. The molecule has 0 bridgehead atoms. The molecule has 0 fully saturated rings. The molecular weight excluding hydrogens is 350 g/mol. The maximum atomic E-state index is 9.31. The van der Waals surface area contributed by atoms with Crippen LogP contribution in [0.4, 0.5) is 0 Å². The Labute approximate surface area is 182 Å². The highest BCUT2D eigenvalue weighted by Gasteiger charge is 2.24. The van der Waals surface area contributed by atoms with Crippen molar-refractivity contribution in [3.05, 3.63) is 49.1 Å². The lowest BCUT2D eigenvalue weighted by Crippen LogP contribution is -2.21. The summed E-state index contributed by atoms with van der Waals surface area (Å²) in [6.07, 6.45) is 29.4. The molecule has 1 heteroatoms. The number of hydrogen-bond donors (Lipinski definition) is 0. The molecule has 2 atom stereocenters. The normalized spacial score (nSPS) is 14.6. The van der Waals surface area contributed by atoms with Crippen molar-refractivity contribution in [3.63, 3.8) is 0 Å². The molecule has 1 nitrogen and oxygen atoms in total. The van der Waals surface area contributed by atoms with Crippen LogP contribution in [0.3, 0.4) is 0 Å². The van der Waals surface area contributed by atoms with Gasteiger partial charge in [0.25, 0.3) is 0 Å². The molecule has 0 saturated carbocycles. The molecule has 0 aliphatic heterocycles. The number of nitrogens with zero attached hydrogens (tertiary/aromatic N) is 1. The van der Waals surface area contributed by atoms with E-state index in [4.69, 9.17) is 0 Å². The fourth-order valence-corrected chi connectivity index (χ4v) is 3.45. The van der Waals surface area contributed by atoms with Crippen LogP contribution < -0.4 is 0 Å². The summed E-state index contributed by atoms with van der Waals surface area (Å²) in [6.45, 7) is 13.2. The minimum atomic E-state index is 0.153. The largest absolute Gasteiger partial charge is 0.198 e. The van der Waals surface area contributed by atoms with Crippen LogP contribution in [-0.2, 0) is 0 Å². The molecule has 0 rings (SSSR count). The molecule has 0 aliphatic carbocycles. The third kappa shape index (κ3) is 15.0. The molecule has 0 heterocycles. The molecule has 2 unspecified atom stereocenters. The molecular formula is C28H47N. The van der Waals surface area contributed by atoms with Gasteiger partial charge in [-0.25, -0.2) is 0 Å². The standard InChI is InChI=1S/C28H47N/c1-6-9-10-11-13-16-19-22-26(25-29)23-20-17-14-12-15-18-21-24-27(7-2)28(4,5)8-3/h7,13,15-18,20,26-27H,2,6,8-12,14,19,21-24H2,1,3-5H3/b16-13+,18-15+,20-17+. The Morgan fingerprint density at radius 2 is 1.41 bits per heavy atom. The molecule has 29 heavy (non-hydrogen) atoms. The van der Waals surface area contributed by atoms with Gasteiger partial charge >= 0.3 is 0 Å². The summed E-state index contributed by atoms with van der Waals surface area (Å²) in [5.74, 6) is 0.742. The zero-order valence-electron chi connectivity index (χ0n) is 19.8. The molecule has 0 spiro atoms. The van der Waals surface area contributed by atoms with Gasteiger partial charge in [-0.1, -0.05) is 89.5 Å². The smallest absolute Gasteiger partial charge is 0.0659 e. The summed E-state index contributed by atoms with van der Waals surface area (Å²) >= 11 is 0. The van der Waals surface area contributed by atoms with Gasteiger partial charge in [0.2, 0.25) is 0 Å². The van der Waals surface area contributed by atoms with Crippen molar-refractivity contribution in [1.82, 2.24) is 0 Å². The van der Waals surface area contributed by atoms with E-state index in [0.29, 0.717) is 11.3 Å². The van der Waals surface area contributed by atoms with Gasteiger partial charge in [0.1, 0.15) is 0 Å². The number of nitriles is 1. The van der Waals surface area contributed by atoms with E-state index in [1.165, 1.54) is 38.5 Å². The van der Waals surface area contributed by atoms with Crippen molar-refractivity contribution >= 4 is 0 Å². The average molecular weight is 398 g/mol. The molecule has 0 saturated heterocycles. The Hall–Kier alpha value is -1.55. The van der Waals surface area contributed by atoms with Crippen LogP contribution in [0.1, 0.15) is 105 Å². The van der Waals surface area contributed by atoms with Crippen LogP contribution >= 0.6 is 0 Å². The number of unbranched alkanes of at least 4 members (excludes halogenated alkanes) is 4. The predicted molar refractivity (Wildman–Crippen MR) is 131 cm³/mol. The second kappa shape index (κ2) is 18.5. The van der Waals surface area contributed by atoms with E-state index in [0.717, 1.165) is 38.5 Å². The summed E-state index contributed by atoms with van der Waals surface area (Å²) in [7, 11) is 0. The SMILES string of the molecule is C=CC(CC/C=C/CC/C=C/CC(C#N)CC/C=C/CCCCC)C(C)(C)CC. The minimum absolute atomic E-state index is 0.153. The van der Waals surface area contributed by atoms with Gasteiger partial charge in [-0.2, -0.15) is 5.26 Å². The molecule has 0 radical (unpaired) electrons. The third-order valence-electron chi connectivity index (χ3n) is 6.10. The fourth-order valence-electron chi connectivity index (χ4n) is 3.45. The van der Waals surface area contributed by atoms with E-state index in [2.05, 4.69) is 82.9 Å². The van der Waals surface area contributed by atoms with Gasteiger partial charge < -0.3 is 0 Å². The van der Waals surface area contributed by atoms with Gasteiger partial charge in [-0.3, -0.25) is 0 Å². The van der Waals surface area contributed by atoms with Crippen molar-refractivity contribution < 1.29 is 0 Å². The van der Waals surface area contributed by atoms with E-state index in [1.807, 2.05) is 0 Å². The lowest BCUT2D eigenvalue weighted by atomic mass is 9.74. The quantitative estimate of drug-likeness (QED) is 0.167. The Kier molecular flexibility index (Phi) is 17.5. The second-order valence-corrected chi connectivity index (χ2v) is 8.89. The lowest BCUT2D eigenvalue weighted by Gasteiger charge is -2.31. The van der Waals surface area contributed by atoms with Crippen LogP contribution in [0.5, 0.6) is 0 Å². The summed E-state index contributed by atoms with van der Waals surface area (Å²) in [6, 6.07) is 2.46. The number of hydrogen-bond acceptors (Lipinski definition) is 1. The van der Waals surface area contributed by atoms with Crippen LogP contribution in [0.15, 0.2) is 49.1 Å². The van der Waals surface area contributed by atoms with Gasteiger partial charge in [-0.05, 0) is 69.1 Å². The molecule has 0 aromatic heterocycles. The minimum Gasteiger partial charge on any atom is -0.198 e. The van der Waals surface area contributed by atoms with E-state index in [9.17, 15) is 5.26 Å². The molecule has 164 valence electrons. The highest BCUT2D eigenvalue weighted by atomic mass is 14.3. The average Bonchev–Trinajstić information content (AvgIpc) is 2.72. The molecule has 0 aromatic carbocycles. The maximum absolute atomic E-state index is 9.31. The van der Waals surface area contributed by atoms with E-state index in [-0.39, 0.29) is 5.92 Å². The molecule has 0 N–H and O–H groups in total. The maximum Gasteiger partial charge on any atom is 0.0659 e. The summed E-state index contributed by atoms with van der Waals surface area (Å²) < 4.78 is 0. The van der Waals surface area contributed by atoms with Crippen LogP contribution in [-0.4, -0.2) is 0 Å². The van der Waals surface area contributed by atoms with E-state index >= 15 is 0 Å². The Bertz CT molecular complexity index is 515. The third-order valence-corrected chi connectivity index (χ3v) is 6.10. The number of allylic oxidation sites excluding steroid dienone is 7. The van der Waals surface area contributed by atoms with Crippen LogP contribution in [0, 0.1) is 28.6 Å². The molecule has 0 aliphatic rings. The molecule has 0 amide bonds. The monoisotopic (exact) mass is 397 g/mol. The Balaban J connectivity index is 3.88. The Morgan fingerprint density at radius 1 is 0.828 bits per heavy atom. The van der Waals surface area contributed by atoms with Crippen molar-refractivity contribution in [1.29, 1.82) is 5.26 Å². The fraction of sp³-hybridized carbons (Fsp3) is 0.679. The zero-order valence-corrected chi connectivity index (χ0v) is 19.8. The number of rotatable bonds is 18. The first-order valence-electron chi connectivity index (χ1n) is 12.0. The lowest BCUT2D eigenvalue weighted by molar-refractivity contribution is 0.238. The van der Waals surface area contributed by atoms with Gasteiger partial charge in [0, 0.05) is 0 Å². The highest BCUT2D eigenvalue weighted by molar-refractivity contribution is 4.96. The molecule has 0 aromatic rings. The van der Waals surface area contributed by atoms with Crippen molar-refractivity contribution in [2.24, 2.45) is 17.3 Å². The highest BCUT2D eigenvalue weighted by Crippen LogP contribution is 2.34. The first-order valence-corrected chi connectivity index (χ1v) is 12.0. The first kappa shape index (κ1) is 27.5. The second-order valence-electron chi connectivity index (χ2n) is 8.89. The van der Waals surface area contributed by atoms with Gasteiger partial charge in [0.05, 0.1) is 12.0 Å². The van der Waals surface area contributed by atoms with Crippen molar-refractivity contribution in [3.8, 4) is 6.07 Å². The van der Waals surface area contributed by atoms with E-state index < -0.39 is 0 Å². The summed E-state index contributed by atoms with van der Waals surface area (Å²) in [4.78, 5) is 0. The van der Waals surface area contributed by atoms with E-state index in [1.54, 1.807) is 0 Å². The summed E-state index contributed by atoms with van der Waals surface area (Å²) in [5, 5.41) is 9.31. The predicted octanol–water partition coefficient (Wildman–Crippen LogP) is 9.34. The Morgan fingerprint density at radius 3 is 2.00 bits per heavy atom. The first-order chi connectivity index (χ1) is 14.0. The summed E-state index contributed by atoms with van der Waals surface area (Å²) in [5.41, 5.74) is 0.348.